The molecule has 2 rings (SSSR count). The first-order valence-electron chi connectivity index (χ1n) is 6.53. The molecule has 1 atom stereocenters. The molecule has 2 aromatic rings. The number of benzene rings is 1. The summed E-state index contributed by atoms with van der Waals surface area (Å²) in [5, 5.41) is 4.95. The van der Waals surface area contributed by atoms with Crippen LogP contribution in [0.3, 0.4) is 0 Å². The fourth-order valence-corrected chi connectivity index (χ4v) is 2.72. The van der Waals surface area contributed by atoms with Gasteiger partial charge in [-0.05, 0) is 30.5 Å². The van der Waals surface area contributed by atoms with E-state index in [1.807, 2.05) is 24.4 Å². The molecule has 0 aliphatic heterocycles. The first-order valence-corrected chi connectivity index (χ1v) is 7.78. The molecule has 22 heavy (non-hydrogen) atoms. The molecule has 1 aromatic heterocycles. The fraction of sp³-hybridized carbons (Fsp3) is 0.200. The minimum absolute atomic E-state index is 0.137. The van der Waals surface area contributed by atoms with Gasteiger partial charge in [0.2, 0.25) is 0 Å². The number of nitrogen functional groups attached to an aromatic ring is 1. The van der Waals surface area contributed by atoms with Crippen molar-refractivity contribution < 1.29 is 14.3 Å². The van der Waals surface area contributed by atoms with E-state index in [0.29, 0.717) is 0 Å². The molecule has 1 amide bonds. The summed E-state index contributed by atoms with van der Waals surface area (Å²) in [7, 11) is 0. The maximum Gasteiger partial charge on any atom is 0.340 e. The van der Waals surface area contributed by atoms with Crippen molar-refractivity contribution in [1.82, 2.24) is 5.32 Å². The van der Waals surface area contributed by atoms with Crippen LogP contribution in [0.4, 0.5) is 5.69 Å². The highest BCUT2D eigenvalue weighted by Gasteiger charge is 2.16. The number of hydrogen-bond donors (Lipinski definition) is 2. The lowest BCUT2D eigenvalue weighted by Gasteiger charge is -2.12. The molecule has 1 aromatic carbocycles. The van der Waals surface area contributed by atoms with E-state index in [9.17, 15) is 9.59 Å². The predicted molar refractivity (Wildman–Crippen MR) is 87.0 cm³/mol. The van der Waals surface area contributed by atoms with Gasteiger partial charge in [0.05, 0.1) is 22.3 Å². The number of carbonyl (C=O) groups is 2. The van der Waals surface area contributed by atoms with E-state index >= 15 is 0 Å². The van der Waals surface area contributed by atoms with Crippen LogP contribution in [0.2, 0.25) is 5.02 Å². The van der Waals surface area contributed by atoms with Crippen molar-refractivity contribution in [2.24, 2.45) is 0 Å². The number of anilines is 1. The molecule has 0 spiro atoms. The Hall–Kier alpha value is -2.05. The monoisotopic (exact) mass is 338 g/mol. The van der Waals surface area contributed by atoms with Gasteiger partial charge in [-0.2, -0.15) is 0 Å². The van der Waals surface area contributed by atoms with Crippen LogP contribution in [0.25, 0.3) is 0 Å². The van der Waals surface area contributed by atoms with Crippen LogP contribution in [0.1, 0.15) is 28.2 Å². The molecule has 116 valence electrons. The topological polar surface area (TPSA) is 81.4 Å². The Balaban J connectivity index is 1.88. The number of esters is 1. The number of halogens is 1. The van der Waals surface area contributed by atoms with Crippen molar-refractivity contribution in [2.75, 3.05) is 12.3 Å². The zero-order valence-corrected chi connectivity index (χ0v) is 13.4. The zero-order chi connectivity index (χ0) is 16.1. The summed E-state index contributed by atoms with van der Waals surface area (Å²) >= 11 is 7.38. The summed E-state index contributed by atoms with van der Waals surface area (Å²) in [6.45, 7) is 1.49. The highest BCUT2D eigenvalue weighted by atomic mass is 35.5. The number of hydrogen-bond acceptors (Lipinski definition) is 5. The molecule has 0 aliphatic rings. The van der Waals surface area contributed by atoms with Gasteiger partial charge in [0.15, 0.2) is 6.61 Å². The third-order valence-electron chi connectivity index (χ3n) is 2.95. The minimum Gasteiger partial charge on any atom is -0.452 e. The average Bonchev–Trinajstić information content (AvgIpc) is 3.02. The SMILES string of the molecule is C[C@@H](NC(=O)COC(=O)c1cccc(Cl)c1N)c1cccs1. The van der Waals surface area contributed by atoms with Gasteiger partial charge in [0.25, 0.3) is 5.91 Å². The summed E-state index contributed by atoms with van der Waals surface area (Å²) in [5.41, 5.74) is 5.99. The Kier molecular flexibility index (Phi) is 5.41. The zero-order valence-electron chi connectivity index (χ0n) is 11.8. The number of nitrogens with two attached hydrogens (primary N) is 1. The van der Waals surface area contributed by atoms with E-state index in [1.165, 1.54) is 6.07 Å². The van der Waals surface area contributed by atoms with Crippen LogP contribution in [0.15, 0.2) is 35.7 Å². The molecule has 1 heterocycles. The summed E-state index contributed by atoms with van der Waals surface area (Å²) < 4.78 is 4.96. The van der Waals surface area contributed by atoms with E-state index in [-0.39, 0.29) is 34.8 Å². The number of para-hydroxylation sites is 1. The van der Waals surface area contributed by atoms with Crippen LogP contribution in [0.5, 0.6) is 0 Å². The van der Waals surface area contributed by atoms with Gasteiger partial charge in [0, 0.05) is 4.88 Å². The summed E-state index contributed by atoms with van der Waals surface area (Å²) in [5.74, 6) is -1.06. The first-order chi connectivity index (χ1) is 10.5. The number of thiophene rings is 1. The van der Waals surface area contributed by atoms with Gasteiger partial charge < -0.3 is 15.8 Å². The van der Waals surface area contributed by atoms with E-state index in [2.05, 4.69) is 5.32 Å². The Morgan fingerprint density at radius 2 is 2.14 bits per heavy atom. The van der Waals surface area contributed by atoms with Gasteiger partial charge in [-0.15, -0.1) is 11.3 Å². The van der Waals surface area contributed by atoms with E-state index in [0.717, 1.165) is 4.88 Å². The molecule has 0 saturated heterocycles. The summed E-state index contributed by atoms with van der Waals surface area (Å²) in [6.07, 6.45) is 0. The number of carbonyl (C=O) groups excluding carboxylic acids is 2. The van der Waals surface area contributed by atoms with E-state index in [1.54, 1.807) is 23.5 Å². The second-order valence-corrected chi connectivity index (χ2v) is 5.97. The summed E-state index contributed by atoms with van der Waals surface area (Å²) in [4.78, 5) is 24.7. The van der Waals surface area contributed by atoms with Gasteiger partial charge in [-0.25, -0.2) is 4.79 Å². The molecular weight excluding hydrogens is 324 g/mol. The van der Waals surface area contributed by atoms with Crippen molar-refractivity contribution in [3.05, 3.63) is 51.2 Å². The molecule has 0 aliphatic carbocycles. The van der Waals surface area contributed by atoms with Gasteiger partial charge in [-0.3, -0.25) is 4.79 Å². The molecule has 0 fully saturated rings. The predicted octanol–water partition coefficient (Wildman–Crippen LogP) is 3.02. The summed E-state index contributed by atoms with van der Waals surface area (Å²) in [6, 6.07) is 8.36. The molecule has 0 saturated carbocycles. The molecular formula is C15H15ClN2O3S. The average molecular weight is 339 g/mol. The van der Waals surface area contributed by atoms with Crippen molar-refractivity contribution in [2.45, 2.75) is 13.0 Å². The largest absolute Gasteiger partial charge is 0.452 e. The van der Waals surface area contributed by atoms with Crippen molar-refractivity contribution in [3.63, 3.8) is 0 Å². The smallest absolute Gasteiger partial charge is 0.340 e. The molecule has 7 heteroatoms. The normalized spacial score (nSPS) is 11.7. The lowest BCUT2D eigenvalue weighted by atomic mass is 10.2. The lowest BCUT2D eigenvalue weighted by Crippen LogP contribution is -2.30. The van der Waals surface area contributed by atoms with Crippen molar-refractivity contribution in [1.29, 1.82) is 0 Å². The Morgan fingerprint density at radius 1 is 1.36 bits per heavy atom. The van der Waals surface area contributed by atoms with Gasteiger partial charge in [0.1, 0.15) is 0 Å². The quantitative estimate of drug-likeness (QED) is 0.648. The lowest BCUT2D eigenvalue weighted by molar-refractivity contribution is -0.124. The molecule has 3 N–H and O–H groups in total. The second-order valence-electron chi connectivity index (χ2n) is 4.58. The van der Waals surface area contributed by atoms with Crippen LogP contribution in [-0.2, 0) is 9.53 Å². The third kappa shape index (κ3) is 3.99. The van der Waals surface area contributed by atoms with E-state index in [4.69, 9.17) is 22.1 Å². The van der Waals surface area contributed by atoms with Crippen LogP contribution in [-0.4, -0.2) is 18.5 Å². The maximum atomic E-state index is 11.9. The fourth-order valence-electron chi connectivity index (χ4n) is 1.82. The standard InChI is InChI=1S/C15H15ClN2O3S/c1-9(12-6-3-7-22-12)18-13(19)8-21-15(20)10-4-2-5-11(16)14(10)17/h2-7,9H,8,17H2,1H3,(H,18,19)/t9-/m1/s1. The van der Waals surface area contributed by atoms with Gasteiger partial charge >= 0.3 is 5.97 Å². The Labute approximate surface area is 137 Å². The number of nitrogens with one attached hydrogen (secondary N) is 1. The number of rotatable bonds is 5. The third-order valence-corrected chi connectivity index (χ3v) is 4.34. The molecule has 5 nitrogen and oxygen atoms in total. The maximum absolute atomic E-state index is 11.9. The highest BCUT2D eigenvalue weighted by Crippen LogP contribution is 2.23. The number of amides is 1. The minimum atomic E-state index is -0.682. The Bertz CT molecular complexity index is 673. The highest BCUT2D eigenvalue weighted by molar-refractivity contribution is 7.10. The molecule has 0 bridgehead atoms. The van der Waals surface area contributed by atoms with E-state index < -0.39 is 5.97 Å². The van der Waals surface area contributed by atoms with Crippen LogP contribution in [0, 0.1) is 0 Å². The van der Waals surface area contributed by atoms with Gasteiger partial charge in [-0.1, -0.05) is 23.7 Å². The van der Waals surface area contributed by atoms with Crippen molar-refractivity contribution >= 4 is 40.5 Å². The first kappa shape index (κ1) is 16.3. The van der Waals surface area contributed by atoms with Crippen LogP contribution >= 0.6 is 22.9 Å². The molecule has 0 unspecified atom stereocenters. The number of ether oxygens (including phenoxy) is 1. The second kappa shape index (κ2) is 7.29. The Morgan fingerprint density at radius 3 is 2.82 bits per heavy atom. The van der Waals surface area contributed by atoms with Crippen LogP contribution < -0.4 is 11.1 Å². The molecule has 0 radical (unpaired) electrons. The van der Waals surface area contributed by atoms with Crippen molar-refractivity contribution in [3.8, 4) is 0 Å².